The van der Waals surface area contributed by atoms with Gasteiger partial charge in [0.2, 0.25) is 15.9 Å². The van der Waals surface area contributed by atoms with Crippen molar-refractivity contribution in [2.24, 2.45) is 0 Å². The summed E-state index contributed by atoms with van der Waals surface area (Å²) in [4.78, 5) is 35.9. The number of rotatable bonds is 15. The number of aromatic nitrogens is 6. The summed E-state index contributed by atoms with van der Waals surface area (Å²) in [7, 11) is -4.07. The number of hydrogen-bond acceptors (Lipinski definition) is 8. The van der Waals surface area contributed by atoms with E-state index >= 15 is 4.79 Å². The first-order chi connectivity index (χ1) is 30.0. The number of piperidine rings is 1. The van der Waals surface area contributed by atoms with Crippen LogP contribution < -0.4 is 20.5 Å². The molecule has 1 saturated heterocycles. The Morgan fingerprint density at radius 3 is 2.24 bits per heavy atom. The molecule has 63 heavy (non-hydrogen) atoms. The van der Waals surface area contributed by atoms with E-state index in [1.54, 1.807) is 12.1 Å². The molecule has 1 aliphatic heterocycles. The minimum absolute atomic E-state index is 0.0169. The average Bonchev–Trinajstić information content (AvgIpc) is 3.92. The van der Waals surface area contributed by atoms with Crippen LogP contribution >= 0.6 is 11.6 Å². The van der Waals surface area contributed by atoms with Crippen LogP contribution in [0.25, 0.3) is 27.5 Å². The Hall–Kier alpha value is -5.77. The van der Waals surface area contributed by atoms with Crippen molar-refractivity contribution < 1.29 is 48.3 Å². The number of carbonyl (C=O) groups is 1. The molecule has 1 saturated carbocycles. The SMILES string of the molecule is O=C(Cn1nc(C(F)F)cc1C(F)F)N[C@@H](Cc1cc(F)cc(F)c1)c1nc2cc(N3CCCCC3)ccc2c(=O)n1-c1ccc(Cl)c2c(NS(=O)(=O)C3CC3)nn(CC(F)F)c12. The zero-order valence-electron chi connectivity index (χ0n) is 32.7. The number of halogens is 9. The zero-order valence-corrected chi connectivity index (χ0v) is 34.3. The molecule has 23 heteroatoms. The number of carbonyl (C=O) groups excluding carboxylic acids is 1. The molecule has 4 heterocycles. The monoisotopic (exact) mass is 925 g/mol. The van der Waals surface area contributed by atoms with Crippen molar-refractivity contribution in [1.29, 1.82) is 0 Å². The van der Waals surface area contributed by atoms with Crippen LogP contribution in [-0.2, 0) is 34.3 Å². The predicted molar refractivity (Wildman–Crippen MR) is 216 cm³/mol. The van der Waals surface area contributed by atoms with Crippen molar-refractivity contribution in [3.8, 4) is 5.69 Å². The van der Waals surface area contributed by atoms with E-state index in [0.717, 1.165) is 40.6 Å². The minimum atomic E-state index is -4.07. The highest BCUT2D eigenvalue weighted by Gasteiger charge is 2.37. The molecule has 3 aromatic carbocycles. The van der Waals surface area contributed by atoms with Crippen LogP contribution in [0.5, 0.6) is 0 Å². The Bertz CT molecular complexity index is 2880. The molecule has 0 unspecified atom stereocenters. The van der Waals surface area contributed by atoms with E-state index in [9.17, 15) is 48.3 Å². The third-order valence-corrected chi connectivity index (χ3v) is 12.9. The van der Waals surface area contributed by atoms with Crippen molar-refractivity contribution in [1.82, 2.24) is 34.4 Å². The molecule has 1 atom stereocenters. The smallest absolute Gasteiger partial charge is 0.282 e. The summed E-state index contributed by atoms with van der Waals surface area (Å²) in [5.74, 6) is -4.00. The first kappa shape index (κ1) is 43.9. The largest absolute Gasteiger partial charge is 0.371 e. The van der Waals surface area contributed by atoms with E-state index in [-0.39, 0.29) is 43.9 Å². The number of hydrogen-bond donors (Lipinski definition) is 2. The van der Waals surface area contributed by atoms with Gasteiger partial charge in [0.15, 0.2) is 5.82 Å². The molecule has 0 radical (unpaired) electrons. The van der Waals surface area contributed by atoms with Crippen LogP contribution in [0, 0.1) is 11.6 Å². The number of nitrogens with zero attached hydrogens (tertiary/aromatic N) is 7. The van der Waals surface area contributed by atoms with Crippen LogP contribution in [0.15, 0.2) is 59.4 Å². The van der Waals surface area contributed by atoms with Crippen LogP contribution in [0.2, 0.25) is 5.02 Å². The normalized spacial score (nSPS) is 15.3. The molecular weight excluding hydrogens is 890 g/mol. The summed E-state index contributed by atoms with van der Waals surface area (Å²) in [6, 6.07) is 8.54. The average molecular weight is 926 g/mol. The van der Waals surface area contributed by atoms with E-state index < -0.39 is 100 Å². The van der Waals surface area contributed by atoms with Crippen molar-refractivity contribution in [3.05, 3.63) is 104 Å². The fraction of sp³-hybridized carbons (Fsp3) is 0.375. The molecule has 6 aromatic rings. The third kappa shape index (κ3) is 9.18. The Morgan fingerprint density at radius 1 is 0.873 bits per heavy atom. The highest BCUT2D eigenvalue weighted by atomic mass is 35.5. The van der Waals surface area contributed by atoms with Gasteiger partial charge in [-0.05, 0) is 86.2 Å². The summed E-state index contributed by atoms with van der Waals surface area (Å²) in [5.41, 5.74) is -2.78. The fourth-order valence-corrected chi connectivity index (χ4v) is 9.37. The molecule has 2 fully saturated rings. The molecule has 1 aliphatic carbocycles. The van der Waals surface area contributed by atoms with Gasteiger partial charge in [0.25, 0.3) is 24.8 Å². The van der Waals surface area contributed by atoms with Gasteiger partial charge in [-0.2, -0.15) is 10.2 Å². The van der Waals surface area contributed by atoms with Gasteiger partial charge in [-0.3, -0.25) is 28.2 Å². The van der Waals surface area contributed by atoms with Crippen LogP contribution in [-0.4, -0.2) is 68.2 Å². The van der Waals surface area contributed by atoms with Crippen molar-refractivity contribution in [3.63, 3.8) is 0 Å². The van der Waals surface area contributed by atoms with Gasteiger partial charge in [-0.1, -0.05) is 11.6 Å². The molecule has 3 aromatic heterocycles. The second kappa shape index (κ2) is 17.4. The molecule has 0 spiro atoms. The lowest BCUT2D eigenvalue weighted by molar-refractivity contribution is -0.122. The molecule has 334 valence electrons. The summed E-state index contributed by atoms with van der Waals surface area (Å²) in [5, 5.41) is 9.05. The summed E-state index contributed by atoms with van der Waals surface area (Å²) < 4.78 is 144. The zero-order chi connectivity index (χ0) is 44.9. The van der Waals surface area contributed by atoms with Gasteiger partial charge in [-0.25, -0.2) is 48.5 Å². The number of sulfonamides is 1. The van der Waals surface area contributed by atoms with Crippen molar-refractivity contribution in [2.75, 3.05) is 22.7 Å². The highest BCUT2D eigenvalue weighted by Crippen LogP contribution is 2.38. The second-order valence-corrected chi connectivity index (χ2v) is 17.6. The Kier molecular flexibility index (Phi) is 12.1. The molecule has 2 aliphatic rings. The van der Waals surface area contributed by atoms with E-state index in [2.05, 4.69) is 25.1 Å². The quantitative estimate of drug-likeness (QED) is 0.0986. The highest BCUT2D eigenvalue weighted by molar-refractivity contribution is 7.93. The third-order valence-electron chi connectivity index (χ3n) is 10.8. The van der Waals surface area contributed by atoms with E-state index in [1.807, 2.05) is 0 Å². The standard InChI is InChI=1S/C40H36ClF8N9O4S/c41-26-8-9-30(35-34(26)38(53-57(35)18-32(44)45)54-63(61,62)24-5-6-24)58-39(51-27-16-23(4-7-25(27)40(58)60)55-10-2-1-3-11-55)29(14-20-12-21(42)15-22(43)13-20)50-33(59)19-56-31(37(48)49)17-28(52-56)36(46)47/h4,7-9,12-13,15-17,24,29,32,36-37H,1-3,5-6,10-11,14,18-19H2,(H,50,59)(H,53,54)/t29-/m0/s1. The Balaban J connectivity index is 1.37. The molecular formula is C40H36ClF8N9O4S. The van der Waals surface area contributed by atoms with Crippen molar-refractivity contribution in [2.45, 2.75) is 82.2 Å². The van der Waals surface area contributed by atoms with Crippen LogP contribution in [0.4, 0.5) is 46.6 Å². The van der Waals surface area contributed by atoms with Crippen LogP contribution in [0.1, 0.15) is 73.8 Å². The number of fused-ring (bicyclic) bond motifs is 2. The summed E-state index contributed by atoms with van der Waals surface area (Å²) in [6.45, 7) is -0.832. The van der Waals surface area contributed by atoms with Crippen molar-refractivity contribution >= 4 is 60.8 Å². The van der Waals surface area contributed by atoms with Gasteiger partial charge in [0.05, 0.1) is 43.8 Å². The Labute approximate surface area is 357 Å². The summed E-state index contributed by atoms with van der Waals surface area (Å²) >= 11 is 6.64. The van der Waals surface area contributed by atoms with E-state index in [1.165, 1.54) is 18.2 Å². The fourth-order valence-electron chi connectivity index (χ4n) is 7.79. The molecule has 2 N–H and O–H groups in total. The number of alkyl halides is 6. The number of benzene rings is 3. The molecule has 8 rings (SSSR count). The van der Waals surface area contributed by atoms with E-state index in [4.69, 9.17) is 16.6 Å². The first-order valence-corrected chi connectivity index (χ1v) is 21.6. The lowest BCUT2D eigenvalue weighted by atomic mass is 10.0. The van der Waals surface area contributed by atoms with Gasteiger partial charge < -0.3 is 10.2 Å². The minimum Gasteiger partial charge on any atom is -0.371 e. The van der Waals surface area contributed by atoms with Gasteiger partial charge >= 0.3 is 0 Å². The van der Waals surface area contributed by atoms with Gasteiger partial charge in [0.1, 0.15) is 41.9 Å². The first-order valence-electron chi connectivity index (χ1n) is 19.7. The lowest BCUT2D eigenvalue weighted by Crippen LogP contribution is -2.38. The van der Waals surface area contributed by atoms with E-state index in [0.29, 0.717) is 48.4 Å². The number of anilines is 2. The second-order valence-electron chi connectivity index (χ2n) is 15.3. The van der Waals surface area contributed by atoms with Gasteiger partial charge in [-0.15, -0.1) is 0 Å². The van der Waals surface area contributed by atoms with Crippen LogP contribution in [0.3, 0.4) is 0 Å². The maximum atomic E-state index is 15.0. The maximum Gasteiger partial charge on any atom is 0.282 e. The summed E-state index contributed by atoms with van der Waals surface area (Å²) in [6.07, 6.45) is -6.79. The maximum absolute atomic E-state index is 15.0. The van der Waals surface area contributed by atoms with Gasteiger partial charge in [0, 0.05) is 31.3 Å². The molecule has 13 nitrogen and oxygen atoms in total. The number of amides is 1. The Morgan fingerprint density at radius 2 is 1.59 bits per heavy atom. The topological polar surface area (TPSA) is 149 Å². The lowest BCUT2D eigenvalue weighted by Gasteiger charge is -2.29. The number of nitrogens with one attached hydrogen (secondary N) is 2. The predicted octanol–water partition coefficient (Wildman–Crippen LogP) is 8.00. The molecule has 1 amide bonds. The molecule has 0 bridgehead atoms.